The van der Waals surface area contributed by atoms with Crippen LogP contribution in [0.15, 0.2) is 29.1 Å². The predicted octanol–water partition coefficient (Wildman–Crippen LogP) is 2.76. The Morgan fingerprint density at radius 3 is 2.77 bits per heavy atom. The van der Waals surface area contributed by atoms with Crippen LogP contribution in [0.25, 0.3) is 17.0 Å². The van der Waals surface area contributed by atoms with Crippen LogP contribution in [0.2, 0.25) is 0 Å². The van der Waals surface area contributed by atoms with Gasteiger partial charge in [0.1, 0.15) is 23.7 Å². The quantitative estimate of drug-likeness (QED) is 0.768. The molecule has 3 heterocycles. The van der Waals surface area contributed by atoms with Gasteiger partial charge in [-0.1, -0.05) is 5.16 Å². The molecule has 1 fully saturated rings. The number of carbonyl (C=O) groups is 1. The predicted molar refractivity (Wildman–Crippen MR) is 83.3 cm³/mol. The van der Waals surface area contributed by atoms with Crippen LogP contribution in [0.3, 0.4) is 0 Å². The van der Waals surface area contributed by atoms with E-state index >= 15 is 0 Å². The molecule has 136 valence electrons. The highest BCUT2D eigenvalue weighted by atomic mass is 19.4. The van der Waals surface area contributed by atoms with E-state index in [2.05, 4.69) is 20.6 Å². The van der Waals surface area contributed by atoms with Crippen LogP contribution in [-0.4, -0.2) is 37.9 Å². The summed E-state index contributed by atoms with van der Waals surface area (Å²) in [5.41, 5.74) is 1.89. The Morgan fingerprint density at radius 2 is 2.15 bits per heavy atom. The van der Waals surface area contributed by atoms with Crippen LogP contribution in [0.1, 0.15) is 28.9 Å². The zero-order valence-electron chi connectivity index (χ0n) is 13.6. The van der Waals surface area contributed by atoms with Crippen LogP contribution >= 0.6 is 0 Å². The molecule has 0 bridgehead atoms. The molecule has 0 radical (unpaired) electrons. The first kappa shape index (κ1) is 16.6. The molecule has 1 saturated carbocycles. The van der Waals surface area contributed by atoms with Crippen molar-refractivity contribution in [3.8, 4) is 11.4 Å². The molecule has 0 aromatic carbocycles. The van der Waals surface area contributed by atoms with Crippen molar-refractivity contribution in [1.29, 1.82) is 0 Å². The van der Waals surface area contributed by atoms with Crippen molar-refractivity contribution >= 4 is 11.6 Å². The van der Waals surface area contributed by atoms with Gasteiger partial charge in [-0.3, -0.25) is 4.79 Å². The Balaban J connectivity index is 1.71. The molecular formula is C16H14F3N5O2. The Labute approximate surface area is 145 Å². The number of nitrogens with zero attached hydrogens (tertiary/aromatic N) is 4. The molecule has 0 spiro atoms. The minimum absolute atomic E-state index is 0.0663. The highest BCUT2D eigenvalue weighted by molar-refractivity contribution is 5.93. The number of carbonyl (C=O) groups excluding carboxylic acids is 1. The maximum absolute atomic E-state index is 13.2. The molecule has 3 aromatic rings. The molecule has 26 heavy (non-hydrogen) atoms. The van der Waals surface area contributed by atoms with Crippen molar-refractivity contribution in [2.24, 2.45) is 5.92 Å². The Hall–Kier alpha value is -2.91. The van der Waals surface area contributed by atoms with Gasteiger partial charge in [-0.05, 0) is 37.3 Å². The summed E-state index contributed by atoms with van der Waals surface area (Å²) in [6, 6.07) is 1.45. The van der Waals surface area contributed by atoms with Gasteiger partial charge in [0.2, 0.25) is 0 Å². The summed E-state index contributed by atoms with van der Waals surface area (Å²) in [7, 11) is 0. The second-order valence-electron chi connectivity index (χ2n) is 6.31. The fourth-order valence-electron chi connectivity index (χ4n) is 2.86. The topological polar surface area (TPSA) is 85.3 Å². The zero-order chi connectivity index (χ0) is 18.5. The molecule has 1 unspecified atom stereocenters. The third-order valence-electron chi connectivity index (χ3n) is 4.32. The van der Waals surface area contributed by atoms with Crippen molar-refractivity contribution in [1.82, 2.24) is 25.1 Å². The van der Waals surface area contributed by atoms with Gasteiger partial charge < -0.3 is 9.84 Å². The lowest BCUT2D eigenvalue weighted by atomic mass is 10.1. The van der Waals surface area contributed by atoms with Gasteiger partial charge in [0.15, 0.2) is 11.3 Å². The molecule has 0 aliphatic heterocycles. The third-order valence-corrected chi connectivity index (χ3v) is 4.32. The summed E-state index contributed by atoms with van der Waals surface area (Å²) >= 11 is 0. The molecule has 1 atom stereocenters. The van der Waals surface area contributed by atoms with E-state index in [0.717, 1.165) is 0 Å². The van der Waals surface area contributed by atoms with E-state index in [-0.39, 0.29) is 5.69 Å². The molecule has 4 rings (SSSR count). The van der Waals surface area contributed by atoms with Crippen molar-refractivity contribution < 1.29 is 22.5 Å². The van der Waals surface area contributed by atoms with E-state index in [1.54, 1.807) is 19.1 Å². The molecule has 0 saturated heterocycles. The molecular weight excluding hydrogens is 351 g/mol. The number of alkyl halides is 3. The van der Waals surface area contributed by atoms with Crippen molar-refractivity contribution in [2.75, 3.05) is 0 Å². The minimum Gasteiger partial charge on any atom is -0.364 e. The van der Waals surface area contributed by atoms with Gasteiger partial charge in [-0.15, -0.1) is 0 Å². The monoisotopic (exact) mass is 365 g/mol. The number of rotatable bonds is 4. The molecule has 7 nitrogen and oxygen atoms in total. The third kappa shape index (κ3) is 2.91. The number of hydrogen-bond acceptors (Lipinski definition) is 5. The maximum atomic E-state index is 13.2. The number of halogens is 3. The highest BCUT2D eigenvalue weighted by Gasteiger charge is 2.49. The Kier molecular flexibility index (Phi) is 3.70. The van der Waals surface area contributed by atoms with Gasteiger partial charge in [0, 0.05) is 6.07 Å². The molecule has 10 heteroatoms. The lowest BCUT2D eigenvalue weighted by Crippen LogP contribution is -2.47. The number of fused-ring (bicyclic) bond motifs is 1. The number of nitrogens with one attached hydrogen (secondary N) is 1. The van der Waals surface area contributed by atoms with Gasteiger partial charge >= 0.3 is 6.18 Å². The fourth-order valence-corrected chi connectivity index (χ4v) is 2.86. The smallest absolute Gasteiger partial charge is 0.364 e. The SMILES string of the molecule is Cc1cc(-c2ccon2)nn2c(C(=O)NC(C3CC3)C(F)(F)F)cnc12. The summed E-state index contributed by atoms with van der Waals surface area (Å²) in [6.45, 7) is 1.76. The van der Waals surface area contributed by atoms with Crippen LogP contribution < -0.4 is 5.32 Å². The van der Waals surface area contributed by atoms with Crippen LogP contribution in [0.5, 0.6) is 0 Å². The average Bonchev–Trinajstić information content (AvgIpc) is 3.09. The summed E-state index contributed by atoms with van der Waals surface area (Å²) in [4.78, 5) is 16.6. The average molecular weight is 365 g/mol. The number of amides is 1. The van der Waals surface area contributed by atoms with Gasteiger partial charge in [-0.2, -0.15) is 18.3 Å². The Morgan fingerprint density at radius 1 is 1.38 bits per heavy atom. The number of hydrogen-bond donors (Lipinski definition) is 1. The molecule has 1 aliphatic carbocycles. The first-order valence-corrected chi connectivity index (χ1v) is 7.98. The molecule has 1 N–H and O–H groups in total. The summed E-state index contributed by atoms with van der Waals surface area (Å²) in [5, 5.41) is 10.2. The van der Waals surface area contributed by atoms with Crippen LogP contribution in [0, 0.1) is 12.8 Å². The second-order valence-corrected chi connectivity index (χ2v) is 6.31. The van der Waals surface area contributed by atoms with Crippen molar-refractivity contribution in [3.63, 3.8) is 0 Å². The van der Waals surface area contributed by atoms with E-state index in [1.807, 2.05) is 0 Å². The van der Waals surface area contributed by atoms with Gasteiger partial charge in [0.25, 0.3) is 5.91 Å². The van der Waals surface area contributed by atoms with E-state index in [9.17, 15) is 18.0 Å². The van der Waals surface area contributed by atoms with E-state index in [4.69, 9.17) is 4.52 Å². The normalized spacial score (nSPS) is 16.0. The summed E-state index contributed by atoms with van der Waals surface area (Å²) in [6.07, 6.45) is -0.998. The molecule has 3 aromatic heterocycles. The summed E-state index contributed by atoms with van der Waals surface area (Å²) in [5.74, 6) is -1.44. The minimum atomic E-state index is -4.49. The standard InChI is InChI=1S/C16H14F3N5O2/c1-8-6-11(10-4-5-26-23-10)22-24-12(7-20-14(8)24)15(25)21-13(9-2-3-9)16(17,18)19/h4-7,9,13H,2-3H2,1H3,(H,21,25). The fraction of sp³-hybridized carbons (Fsp3) is 0.375. The van der Waals surface area contributed by atoms with Crippen LogP contribution in [0.4, 0.5) is 13.2 Å². The molecule has 1 amide bonds. The van der Waals surface area contributed by atoms with Crippen molar-refractivity contribution in [2.45, 2.75) is 32.0 Å². The van der Waals surface area contributed by atoms with Crippen molar-refractivity contribution in [3.05, 3.63) is 35.9 Å². The van der Waals surface area contributed by atoms with Gasteiger partial charge in [-0.25, -0.2) is 9.50 Å². The summed E-state index contributed by atoms with van der Waals surface area (Å²) < 4.78 is 45.5. The maximum Gasteiger partial charge on any atom is 0.408 e. The first-order chi connectivity index (χ1) is 12.3. The number of aromatic nitrogens is 4. The zero-order valence-corrected chi connectivity index (χ0v) is 13.6. The first-order valence-electron chi connectivity index (χ1n) is 7.98. The Bertz CT molecular complexity index is 960. The molecule has 1 aliphatic rings. The van der Waals surface area contributed by atoms with Crippen LogP contribution in [-0.2, 0) is 0 Å². The second kappa shape index (κ2) is 5.82. The van der Waals surface area contributed by atoms with Gasteiger partial charge in [0.05, 0.1) is 6.20 Å². The highest BCUT2D eigenvalue weighted by Crippen LogP contribution is 2.40. The van der Waals surface area contributed by atoms with E-state index < -0.39 is 24.0 Å². The number of aryl methyl sites for hydroxylation is 1. The largest absolute Gasteiger partial charge is 0.408 e. The van der Waals surface area contributed by atoms with E-state index in [0.29, 0.717) is 35.4 Å². The van der Waals surface area contributed by atoms with E-state index in [1.165, 1.54) is 17.0 Å². The number of imidazole rings is 1. The lowest BCUT2D eigenvalue weighted by molar-refractivity contribution is -0.158. The lowest BCUT2D eigenvalue weighted by Gasteiger charge is -2.21.